The first-order valence-corrected chi connectivity index (χ1v) is 8.18. The van der Waals surface area contributed by atoms with Crippen LogP contribution in [0.5, 0.6) is 0 Å². The molecule has 2 N–H and O–H groups in total. The molecule has 6 heteroatoms. The van der Waals surface area contributed by atoms with Crippen LogP contribution >= 0.6 is 22.6 Å². The van der Waals surface area contributed by atoms with E-state index in [2.05, 4.69) is 41.3 Å². The van der Waals surface area contributed by atoms with E-state index < -0.39 is 15.3 Å². The van der Waals surface area contributed by atoms with Crippen LogP contribution < -0.4 is 5.14 Å². The van der Waals surface area contributed by atoms with Gasteiger partial charge in [0.15, 0.2) is 0 Å². The normalized spacial score (nSPS) is 28.9. The van der Waals surface area contributed by atoms with Crippen molar-refractivity contribution in [2.24, 2.45) is 5.14 Å². The van der Waals surface area contributed by atoms with Crippen LogP contribution in [0.4, 0.5) is 0 Å². The van der Waals surface area contributed by atoms with Crippen molar-refractivity contribution < 1.29 is 8.42 Å². The monoisotopic (exact) mass is 346 g/mol. The van der Waals surface area contributed by atoms with Gasteiger partial charge in [0.25, 0.3) is 0 Å². The number of nitrogens with zero attached hydrogens (tertiary/aromatic N) is 1. The zero-order valence-corrected chi connectivity index (χ0v) is 12.2. The van der Waals surface area contributed by atoms with Crippen molar-refractivity contribution in [1.82, 2.24) is 4.90 Å². The van der Waals surface area contributed by atoms with E-state index >= 15 is 0 Å². The van der Waals surface area contributed by atoms with Crippen LogP contribution in [-0.2, 0) is 10.0 Å². The van der Waals surface area contributed by atoms with Crippen LogP contribution in [0.2, 0.25) is 0 Å². The molecule has 15 heavy (non-hydrogen) atoms. The van der Waals surface area contributed by atoms with E-state index in [0.717, 1.165) is 19.4 Å². The molecule has 0 radical (unpaired) electrons. The van der Waals surface area contributed by atoms with Gasteiger partial charge in [0, 0.05) is 12.6 Å². The quantitative estimate of drug-likeness (QED) is 0.474. The van der Waals surface area contributed by atoms with E-state index in [0.29, 0.717) is 12.5 Å². The molecule has 1 aliphatic heterocycles. The largest absolute Gasteiger partial charge is 0.287 e. The summed E-state index contributed by atoms with van der Waals surface area (Å²) in [6.45, 7) is 5.13. The highest BCUT2D eigenvalue weighted by Crippen LogP contribution is 2.31. The fourth-order valence-corrected chi connectivity index (χ4v) is 5.44. The molecule has 0 spiro atoms. The van der Waals surface area contributed by atoms with Crippen molar-refractivity contribution in [3.05, 3.63) is 0 Å². The minimum absolute atomic E-state index is 0.0301. The third kappa shape index (κ3) is 3.04. The molecule has 0 aliphatic carbocycles. The van der Waals surface area contributed by atoms with Crippen LogP contribution in [0.3, 0.4) is 0 Å². The van der Waals surface area contributed by atoms with Crippen molar-refractivity contribution in [1.29, 1.82) is 0 Å². The number of sulfonamides is 1. The number of likely N-dealkylation sites (tertiary alicyclic amines) is 1. The number of primary sulfonamides is 1. The molecular formula is C9H19IN2O2S. The third-order valence-electron chi connectivity index (χ3n) is 3.13. The van der Waals surface area contributed by atoms with Crippen molar-refractivity contribution >= 4 is 32.6 Å². The van der Waals surface area contributed by atoms with Crippen molar-refractivity contribution in [2.75, 3.05) is 6.54 Å². The van der Waals surface area contributed by atoms with Crippen molar-refractivity contribution in [3.8, 4) is 0 Å². The van der Waals surface area contributed by atoms with Crippen LogP contribution in [0.25, 0.3) is 0 Å². The van der Waals surface area contributed by atoms with Gasteiger partial charge in [-0.25, -0.2) is 13.6 Å². The summed E-state index contributed by atoms with van der Waals surface area (Å²) < 4.78 is 22.7. The second-order valence-electron chi connectivity index (χ2n) is 4.00. The van der Waals surface area contributed by atoms with Gasteiger partial charge >= 0.3 is 0 Å². The van der Waals surface area contributed by atoms with Crippen molar-refractivity contribution in [2.45, 2.75) is 48.5 Å². The first kappa shape index (κ1) is 13.7. The Labute approximate surface area is 106 Å². The smallest absolute Gasteiger partial charge is 0.214 e. The number of alkyl halides is 1. The summed E-state index contributed by atoms with van der Waals surface area (Å²) in [5, 5.41) is 4.83. The van der Waals surface area contributed by atoms with Gasteiger partial charge < -0.3 is 0 Å². The molecule has 2 atom stereocenters. The summed E-state index contributed by atoms with van der Waals surface area (Å²) in [5.41, 5.74) is 0. The predicted octanol–water partition coefficient (Wildman–Crippen LogP) is 1.30. The number of nitrogens with two attached hydrogens (primary N) is 1. The average Bonchev–Trinajstić information content (AvgIpc) is 2.50. The highest BCUT2D eigenvalue weighted by Gasteiger charge is 2.40. The lowest BCUT2D eigenvalue weighted by atomic mass is 10.1. The van der Waals surface area contributed by atoms with E-state index in [1.54, 1.807) is 0 Å². The molecule has 0 aromatic rings. The summed E-state index contributed by atoms with van der Waals surface area (Å²) in [7, 11) is -3.38. The van der Waals surface area contributed by atoms with Gasteiger partial charge in [-0.05, 0) is 19.3 Å². The lowest BCUT2D eigenvalue weighted by Gasteiger charge is -2.29. The van der Waals surface area contributed by atoms with Crippen LogP contribution in [0.1, 0.15) is 33.1 Å². The summed E-state index contributed by atoms with van der Waals surface area (Å²) in [5.74, 6) is 0. The maximum atomic E-state index is 11.3. The molecule has 1 heterocycles. The molecule has 0 aromatic carbocycles. The Bertz CT molecular complexity index is 303. The summed E-state index contributed by atoms with van der Waals surface area (Å²) in [4.78, 5) is 2.27. The Hall–Kier alpha value is 0.600. The SMILES string of the molecule is CCC(CC)N1CCC(S(N)(=O)=O)C1I. The summed E-state index contributed by atoms with van der Waals surface area (Å²) in [6.07, 6.45) is 2.80. The van der Waals surface area contributed by atoms with Gasteiger partial charge in [-0.2, -0.15) is 0 Å². The van der Waals surface area contributed by atoms with Gasteiger partial charge in [0.2, 0.25) is 10.0 Å². The maximum Gasteiger partial charge on any atom is 0.214 e. The molecule has 1 fully saturated rings. The Balaban J connectivity index is 2.76. The molecule has 1 rings (SSSR count). The number of hydrogen-bond donors (Lipinski definition) is 1. The Morgan fingerprint density at radius 1 is 1.47 bits per heavy atom. The Kier molecular flexibility index (Phi) is 4.82. The van der Waals surface area contributed by atoms with Crippen LogP contribution in [0.15, 0.2) is 0 Å². The average molecular weight is 346 g/mol. The number of halogens is 1. The summed E-state index contributed by atoms with van der Waals surface area (Å²) in [6, 6.07) is 0.485. The minimum atomic E-state index is -3.38. The molecular weight excluding hydrogens is 327 g/mol. The molecule has 0 amide bonds. The molecule has 90 valence electrons. The molecule has 0 saturated carbocycles. The van der Waals surface area contributed by atoms with E-state index in [-0.39, 0.29) is 4.05 Å². The lowest BCUT2D eigenvalue weighted by Crippen LogP contribution is -2.41. The topological polar surface area (TPSA) is 63.4 Å². The summed E-state index contributed by atoms with van der Waals surface area (Å²) >= 11 is 2.21. The standard InChI is InChI=1S/C9H19IN2O2S/c1-3-7(4-2)12-6-5-8(9(12)10)15(11,13)14/h7-9H,3-6H2,1-2H3,(H2,11,13,14). The molecule has 1 saturated heterocycles. The van der Waals surface area contributed by atoms with Crippen molar-refractivity contribution in [3.63, 3.8) is 0 Å². The van der Waals surface area contributed by atoms with Crippen LogP contribution in [0, 0.1) is 0 Å². The predicted molar refractivity (Wildman–Crippen MR) is 70.4 cm³/mol. The second-order valence-corrected chi connectivity index (χ2v) is 7.06. The molecule has 0 bridgehead atoms. The van der Waals surface area contributed by atoms with E-state index in [1.165, 1.54) is 0 Å². The van der Waals surface area contributed by atoms with E-state index in [9.17, 15) is 8.42 Å². The molecule has 2 unspecified atom stereocenters. The van der Waals surface area contributed by atoms with E-state index in [1.807, 2.05) is 0 Å². The fraction of sp³-hybridized carbons (Fsp3) is 1.00. The fourth-order valence-electron chi connectivity index (χ4n) is 2.21. The zero-order valence-electron chi connectivity index (χ0n) is 9.19. The van der Waals surface area contributed by atoms with Gasteiger partial charge in [0.05, 0.1) is 4.05 Å². The maximum absolute atomic E-state index is 11.3. The van der Waals surface area contributed by atoms with Gasteiger partial charge in [-0.15, -0.1) is 0 Å². The van der Waals surface area contributed by atoms with Gasteiger partial charge in [-0.1, -0.05) is 36.4 Å². The highest BCUT2D eigenvalue weighted by atomic mass is 127. The first-order chi connectivity index (χ1) is 6.91. The Morgan fingerprint density at radius 3 is 2.33 bits per heavy atom. The molecule has 4 nitrogen and oxygen atoms in total. The highest BCUT2D eigenvalue weighted by molar-refractivity contribution is 14.1. The first-order valence-electron chi connectivity index (χ1n) is 5.33. The molecule has 0 aromatic heterocycles. The second kappa shape index (κ2) is 5.29. The lowest BCUT2D eigenvalue weighted by molar-refractivity contribution is 0.222. The zero-order chi connectivity index (χ0) is 11.6. The van der Waals surface area contributed by atoms with Crippen LogP contribution in [-0.4, -0.2) is 35.2 Å². The minimum Gasteiger partial charge on any atom is -0.287 e. The molecule has 1 aliphatic rings. The third-order valence-corrected chi connectivity index (χ3v) is 6.54. The van der Waals surface area contributed by atoms with Gasteiger partial charge in [0.1, 0.15) is 5.25 Å². The Morgan fingerprint density at radius 2 is 2.00 bits per heavy atom. The van der Waals surface area contributed by atoms with Gasteiger partial charge in [-0.3, -0.25) is 4.90 Å². The number of hydrogen-bond acceptors (Lipinski definition) is 3. The van der Waals surface area contributed by atoms with E-state index in [4.69, 9.17) is 5.14 Å². The number of rotatable bonds is 4.